The highest BCUT2D eigenvalue weighted by Gasteiger charge is 2.33. The van der Waals surface area contributed by atoms with Crippen molar-refractivity contribution in [2.24, 2.45) is 0 Å². The summed E-state index contributed by atoms with van der Waals surface area (Å²) in [5, 5.41) is 0. The van der Waals surface area contributed by atoms with Crippen molar-refractivity contribution in [3.05, 3.63) is 22.2 Å². The molecule has 0 aromatic heterocycles. The molecule has 0 saturated heterocycles. The van der Waals surface area contributed by atoms with Crippen molar-refractivity contribution in [2.75, 3.05) is 12.8 Å². The van der Waals surface area contributed by atoms with Crippen LogP contribution in [0.5, 0.6) is 5.75 Å². The first kappa shape index (κ1) is 11.2. The molecule has 0 bridgehead atoms. The largest absolute Gasteiger partial charge is 0.495 e. The van der Waals surface area contributed by atoms with Gasteiger partial charge in [0.1, 0.15) is 5.75 Å². The van der Waals surface area contributed by atoms with E-state index in [-0.39, 0.29) is 15.9 Å². The minimum atomic E-state index is -4.42. The summed E-state index contributed by atoms with van der Waals surface area (Å²) in [4.78, 5) is 0. The van der Waals surface area contributed by atoms with Crippen molar-refractivity contribution in [1.82, 2.24) is 0 Å². The van der Waals surface area contributed by atoms with Crippen molar-refractivity contribution in [3.63, 3.8) is 0 Å². The molecule has 78 valence electrons. The smallest absolute Gasteiger partial charge is 0.417 e. The Morgan fingerprint density at radius 3 is 2.36 bits per heavy atom. The predicted octanol–water partition coefficient (Wildman–Crippen LogP) is 3.06. The lowest BCUT2D eigenvalue weighted by atomic mass is 10.2. The predicted molar refractivity (Wildman–Crippen MR) is 50.1 cm³/mol. The van der Waals surface area contributed by atoms with E-state index in [0.29, 0.717) is 0 Å². The molecule has 0 unspecified atom stereocenters. The molecule has 0 saturated carbocycles. The van der Waals surface area contributed by atoms with Crippen LogP contribution in [0.2, 0.25) is 0 Å². The summed E-state index contributed by atoms with van der Waals surface area (Å²) >= 11 is 2.79. The van der Waals surface area contributed by atoms with Gasteiger partial charge in [-0.05, 0) is 12.1 Å². The number of hydrogen-bond donors (Lipinski definition) is 1. The van der Waals surface area contributed by atoms with Gasteiger partial charge in [-0.1, -0.05) is 15.9 Å². The molecule has 1 aromatic carbocycles. The fourth-order valence-corrected chi connectivity index (χ4v) is 1.55. The molecule has 0 aliphatic heterocycles. The second-order valence-corrected chi connectivity index (χ2v) is 3.43. The van der Waals surface area contributed by atoms with Crippen LogP contribution >= 0.6 is 15.9 Å². The lowest BCUT2D eigenvalue weighted by Gasteiger charge is -2.12. The molecular weight excluding hydrogens is 263 g/mol. The normalized spacial score (nSPS) is 11.5. The number of halogens is 4. The molecule has 0 spiro atoms. The molecule has 0 radical (unpaired) electrons. The van der Waals surface area contributed by atoms with Gasteiger partial charge in [0.2, 0.25) is 0 Å². The third-order valence-electron chi connectivity index (χ3n) is 1.62. The van der Waals surface area contributed by atoms with Gasteiger partial charge in [-0.2, -0.15) is 13.2 Å². The van der Waals surface area contributed by atoms with Gasteiger partial charge in [-0.3, -0.25) is 0 Å². The summed E-state index contributed by atoms with van der Waals surface area (Å²) < 4.78 is 41.7. The summed E-state index contributed by atoms with van der Waals surface area (Å²) in [5.41, 5.74) is 4.78. The van der Waals surface area contributed by atoms with Crippen LogP contribution < -0.4 is 10.5 Å². The van der Waals surface area contributed by atoms with Crippen LogP contribution in [0.25, 0.3) is 0 Å². The Labute approximate surface area is 87.0 Å². The van der Waals surface area contributed by atoms with Gasteiger partial charge in [0, 0.05) is 4.47 Å². The van der Waals surface area contributed by atoms with Gasteiger partial charge in [0.05, 0.1) is 18.4 Å². The number of hydrogen-bond acceptors (Lipinski definition) is 2. The van der Waals surface area contributed by atoms with Crippen LogP contribution in [0.1, 0.15) is 5.56 Å². The molecule has 0 atom stereocenters. The summed E-state index contributed by atoms with van der Waals surface area (Å²) in [6.45, 7) is 0. The van der Waals surface area contributed by atoms with Crippen molar-refractivity contribution in [2.45, 2.75) is 6.18 Å². The first-order valence-electron chi connectivity index (χ1n) is 3.56. The Hall–Kier alpha value is -0.910. The molecule has 0 amide bonds. The maximum Gasteiger partial charge on any atom is 0.417 e. The number of nitrogens with two attached hydrogens (primary N) is 1. The monoisotopic (exact) mass is 269 g/mol. The van der Waals surface area contributed by atoms with Gasteiger partial charge in [0.15, 0.2) is 0 Å². The first-order valence-corrected chi connectivity index (χ1v) is 4.35. The van der Waals surface area contributed by atoms with E-state index in [1.54, 1.807) is 0 Å². The zero-order valence-corrected chi connectivity index (χ0v) is 8.74. The zero-order valence-electron chi connectivity index (χ0n) is 7.15. The number of benzene rings is 1. The molecule has 0 heterocycles. The lowest BCUT2D eigenvalue weighted by molar-refractivity contribution is -0.138. The maximum absolute atomic E-state index is 12.4. The second-order valence-electron chi connectivity index (χ2n) is 2.57. The van der Waals surface area contributed by atoms with E-state index in [2.05, 4.69) is 20.7 Å². The minimum absolute atomic E-state index is 0.0144. The van der Waals surface area contributed by atoms with Crippen LogP contribution in [0.3, 0.4) is 0 Å². The van der Waals surface area contributed by atoms with Gasteiger partial charge >= 0.3 is 6.18 Å². The number of alkyl halides is 3. The highest BCUT2D eigenvalue weighted by Crippen LogP contribution is 2.39. The van der Waals surface area contributed by atoms with Gasteiger partial charge in [-0.25, -0.2) is 0 Å². The van der Waals surface area contributed by atoms with Gasteiger partial charge < -0.3 is 10.5 Å². The van der Waals surface area contributed by atoms with Crippen molar-refractivity contribution in [1.29, 1.82) is 0 Å². The molecule has 1 aromatic rings. The number of rotatable bonds is 1. The number of nitrogen functional groups attached to an aromatic ring is 1. The molecule has 0 fully saturated rings. The fourth-order valence-electron chi connectivity index (χ4n) is 0.963. The average Bonchev–Trinajstić information content (AvgIpc) is 2.02. The summed E-state index contributed by atoms with van der Waals surface area (Å²) in [6.07, 6.45) is -4.42. The molecule has 1 rings (SSSR count). The molecule has 2 nitrogen and oxygen atoms in total. The summed E-state index contributed by atoms with van der Waals surface area (Å²) in [6, 6.07) is 2.03. The number of anilines is 1. The van der Waals surface area contributed by atoms with Crippen LogP contribution in [0.15, 0.2) is 16.6 Å². The molecule has 6 heteroatoms. The summed E-state index contributed by atoms with van der Waals surface area (Å²) in [7, 11) is 1.26. The standard InChI is InChI=1S/C8H7BrF3NO/c1-14-7-2-4(8(10,11)12)5(9)3-6(7)13/h2-3H,13H2,1H3. The molecule has 14 heavy (non-hydrogen) atoms. The average molecular weight is 270 g/mol. The van der Waals surface area contributed by atoms with Gasteiger partial charge in [0.25, 0.3) is 0 Å². The van der Waals surface area contributed by atoms with Crippen LogP contribution in [0, 0.1) is 0 Å². The van der Waals surface area contributed by atoms with Crippen LogP contribution in [-0.4, -0.2) is 7.11 Å². The SMILES string of the molecule is COc1cc(C(F)(F)F)c(Br)cc1N. The first-order chi connectivity index (χ1) is 6.36. The van der Waals surface area contributed by atoms with Crippen molar-refractivity contribution >= 4 is 21.6 Å². The highest BCUT2D eigenvalue weighted by atomic mass is 79.9. The summed E-state index contributed by atoms with van der Waals surface area (Å²) in [5.74, 6) is 0.0144. The lowest BCUT2D eigenvalue weighted by Crippen LogP contribution is -2.07. The van der Waals surface area contributed by atoms with Gasteiger partial charge in [-0.15, -0.1) is 0 Å². The fraction of sp³-hybridized carbons (Fsp3) is 0.250. The third-order valence-corrected chi connectivity index (χ3v) is 2.28. The van der Waals surface area contributed by atoms with E-state index in [1.807, 2.05) is 0 Å². The van der Waals surface area contributed by atoms with Crippen LogP contribution in [0.4, 0.5) is 18.9 Å². The Balaban J connectivity index is 3.32. The second kappa shape index (κ2) is 3.68. The molecule has 0 aliphatic carbocycles. The van der Waals surface area contributed by atoms with E-state index >= 15 is 0 Å². The third kappa shape index (κ3) is 2.12. The molecule has 2 N–H and O–H groups in total. The van der Waals surface area contributed by atoms with E-state index in [9.17, 15) is 13.2 Å². The zero-order chi connectivity index (χ0) is 10.9. The molecule has 0 aliphatic rings. The van der Waals surface area contributed by atoms with Crippen LogP contribution in [-0.2, 0) is 6.18 Å². The van der Waals surface area contributed by atoms with Crippen molar-refractivity contribution in [3.8, 4) is 5.75 Å². The van der Waals surface area contributed by atoms with E-state index in [0.717, 1.165) is 6.07 Å². The Morgan fingerprint density at radius 1 is 1.36 bits per heavy atom. The Morgan fingerprint density at radius 2 is 1.93 bits per heavy atom. The Bertz CT molecular complexity index is 351. The molecular formula is C8H7BrF3NO. The van der Waals surface area contributed by atoms with E-state index < -0.39 is 11.7 Å². The Kier molecular flexibility index (Phi) is 2.94. The maximum atomic E-state index is 12.4. The van der Waals surface area contributed by atoms with Crippen molar-refractivity contribution < 1.29 is 17.9 Å². The van der Waals surface area contributed by atoms with E-state index in [4.69, 9.17) is 5.73 Å². The van der Waals surface area contributed by atoms with E-state index in [1.165, 1.54) is 13.2 Å². The topological polar surface area (TPSA) is 35.2 Å². The number of methoxy groups -OCH3 is 1. The minimum Gasteiger partial charge on any atom is -0.495 e. The highest BCUT2D eigenvalue weighted by molar-refractivity contribution is 9.10. The quantitative estimate of drug-likeness (QED) is 0.796. The number of ether oxygens (including phenoxy) is 1.